The molecule has 0 saturated carbocycles. The minimum absolute atomic E-state index is 0. The van der Waals surface area contributed by atoms with E-state index < -0.39 is 5.41 Å². The van der Waals surface area contributed by atoms with Gasteiger partial charge in [-0.25, -0.2) is 0 Å². The summed E-state index contributed by atoms with van der Waals surface area (Å²) >= 11 is 0. The van der Waals surface area contributed by atoms with Gasteiger partial charge >= 0.3 is 0 Å². The molecule has 1 aromatic carbocycles. The monoisotopic (exact) mass is 527 g/mol. The molecule has 0 bridgehead atoms. The number of guanidine groups is 1. The number of amides is 1. The van der Waals surface area contributed by atoms with Crippen LogP contribution < -0.4 is 11.1 Å². The Morgan fingerprint density at radius 3 is 2.63 bits per heavy atom. The van der Waals surface area contributed by atoms with Crippen LogP contribution in [-0.2, 0) is 11.3 Å². The summed E-state index contributed by atoms with van der Waals surface area (Å²) in [6.45, 7) is 11.3. The molecule has 2 unspecified atom stereocenters. The SMILES string of the molecule is CCNC(=NCC(C)(C)C(N)=O)N1CCC2C(CCCN2Cc2ccccc2)C1.I. The average Bonchev–Trinajstić information content (AvgIpc) is 2.71. The first-order valence-corrected chi connectivity index (χ1v) is 11.0. The van der Waals surface area contributed by atoms with E-state index in [1.54, 1.807) is 0 Å². The molecule has 3 rings (SSSR count). The first kappa shape index (κ1) is 24.9. The number of hydrogen-bond acceptors (Lipinski definition) is 3. The number of primary amides is 1. The van der Waals surface area contributed by atoms with Crippen molar-refractivity contribution in [3.8, 4) is 0 Å². The third-order valence-corrected chi connectivity index (χ3v) is 6.34. The molecule has 3 N–H and O–H groups in total. The maximum absolute atomic E-state index is 11.7. The van der Waals surface area contributed by atoms with Crippen LogP contribution in [0.2, 0.25) is 0 Å². The standard InChI is InChI=1S/C23H37N5O.HI/c1-4-25-22(26-17-23(2,3)21(24)29)28-14-12-20-19(16-28)11-8-13-27(20)15-18-9-6-5-7-10-18;/h5-7,9-10,19-20H,4,8,11-17H2,1-3H3,(H2,24,29)(H,25,26);1H. The minimum Gasteiger partial charge on any atom is -0.369 e. The summed E-state index contributed by atoms with van der Waals surface area (Å²) in [6, 6.07) is 11.5. The lowest BCUT2D eigenvalue weighted by molar-refractivity contribution is -0.125. The predicted molar refractivity (Wildman–Crippen MR) is 134 cm³/mol. The molecule has 2 aliphatic heterocycles. The van der Waals surface area contributed by atoms with Crippen LogP contribution in [0.4, 0.5) is 0 Å². The number of carbonyl (C=O) groups is 1. The van der Waals surface area contributed by atoms with Gasteiger partial charge in [0.1, 0.15) is 0 Å². The Bertz CT molecular complexity index is 709. The van der Waals surface area contributed by atoms with Crippen molar-refractivity contribution in [1.82, 2.24) is 15.1 Å². The van der Waals surface area contributed by atoms with Gasteiger partial charge in [0, 0.05) is 32.2 Å². The van der Waals surface area contributed by atoms with Gasteiger partial charge in [0.2, 0.25) is 5.91 Å². The van der Waals surface area contributed by atoms with E-state index in [9.17, 15) is 4.79 Å². The third-order valence-electron chi connectivity index (χ3n) is 6.34. The highest BCUT2D eigenvalue weighted by Gasteiger charge is 2.37. The van der Waals surface area contributed by atoms with Crippen molar-refractivity contribution in [3.63, 3.8) is 0 Å². The Kier molecular flexibility index (Phi) is 9.40. The normalized spacial score (nSPS) is 22.8. The van der Waals surface area contributed by atoms with Crippen LogP contribution in [-0.4, -0.2) is 60.4 Å². The molecule has 2 atom stereocenters. The highest BCUT2D eigenvalue weighted by molar-refractivity contribution is 14.0. The van der Waals surface area contributed by atoms with E-state index in [0.717, 1.165) is 38.6 Å². The number of fused-ring (bicyclic) bond motifs is 1. The zero-order valence-corrected chi connectivity index (χ0v) is 21.0. The molecule has 2 aliphatic rings. The van der Waals surface area contributed by atoms with E-state index in [1.165, 1.54) is 24.9 Å². The Hall–Kier alpha value is -1.35. The van der Waals surface area contributed by atoms with Crippen molar-refractivity contribution in [1.29, 1.82) is 0 Å². The smallest absolute Gasteiger partial charge is 0.224 e. The third kappa shape index (κ3) is 6.33. The first-order chi connectivity index (χ1) is 13.9. The summed E-state index contributed by atoms with van der Waals surface area (Å²) in [5.74, 6) is 1.27. The van der Waals surface area contributed by atoms with Gasteiger partial charge in [-0.05, 0) is 58.1 Å². The lowest BCUT2D eigenvalue weighted by atomic mass is 9.83. The molecule has 2 fully saturated rings. The lowest BCUT2D eigenvalue weighted by Gasteiger charge is -2.48. The average molecular weight is 527 g/mol. The van der Waals surface area contributed by atoms with Crippen molar-refractivity contribution < 1.29 is 4.79 Å². The molecule has 0 aliphatic carbocycles. The topological polar surface area (TPSA) is 74.0 Å². The zero-order valence-electron chi connectivity index (χ0n) is 18.6. The fourth-order valence-corrected chi connectivity index (χ4v) is 4.49. The molecule has 0 spiro atoms. The van der Waals surface area contributed by atoms with E-state index in [1.807, 2.05) is 13.8 Å². The van der Waals surface area contributed by atoms with E-state index in [-0.39, 0.29) is 29.9 Å². The Labute approximate surface area is 198 Å². The highest BCUT2D eigenvalue weighted by atomic mass is 127. The number of nitrogens with zero attached hydrogens (tertiary/aromatic N) is 3. The number of likely N-dealkylation sites (tertiary alicyclic amines) is 2. The largest absolute Gasteiger partial charge is 0.369 e. The lowest BCUT2D eigenvalue weighted by Crippen LogP contribution is -2.56. The molecular formula is C23H38IN5O. The molecule has 6 nitrogen and oxygen atoms in total. The molecule has 168 valence electrons. The Balaban J connectivity index is 0.00000320. The number of aliphatic imine (C=N–C) groups is 1. The second-order valence-corrected chi connectivity index (χ2v) is 9.08. The van der Waals surface area contributed by atoms with E-state index >= 15 is 0 Å². The fourth-order valence-electron chi connectivity index (χ4n) is 4.49. The van der Waals surface area contributed by atoms with E-state index in [0.29, 0.717) is 18.5 Å². The predicted octanol–water partition coefficient (Wildman–Crippen LogP) is 3.07. The van der Waals surface area contributed by atoms with E-state index in [4.69, 9.17) is 10.7 Å². The summed E-state index contributed by atoms with van der Waals surface area (Å²) < 4.78 is 0. The van der Waals surface area contributed by atoms with Gasteiger partial charge < -0.3 is 16.0 Å². The molecule has 1 amide bonds. The van der Waals surface area contributed by atoms with Gasteiger partial charge in [-0.3, -0.25) is 14.7 Å². The summed E-state index contributed by atoms with van der Waals surface area (Å²) in [5.41, 5.74) is 6.30. The molecule has 1 aromatic rings. The van der Waals surface area contributed by atoms with Gasteiger partial charge in [0.25, 0.3) is 0 Å². The Morgan fingerprint density at radius 2 is 1.97 bits per heavy atom. The fraction of sp³-hybridized carbons (Fsp3) is 0.652. The molecular weight excluding hydrogens is 489 g/mol. The van der Waals surface area contributed by atoms with E-state index in [2.05, 4.69) is 52.4 Å². The molecule has 2 saturated heterocycles. The van der Waals surface area contributed by atoms with Crippen LogP contribution in [0.25, 0.3) is 0 Å². The summed E-state index contributed by atoms with van der Waals surface area (Å²) in [4.78, 5) is 21.5. The molecule has 30 heavy (non-hydrogen) atoms. The second-order valence-electron chi connectivity index (χ2n) is 9.08. The summed E-state index contributed by atoms with van der Waals surface area (Å²) in [7, 11) is 0. The molecule has 0 aromatic heterocycles. The van der Waals surface area contributed by atoms with Crippen LogP contribution in [0, 0.1) is 11.3 Å². The number of nitrogens with two attached hydrogens (primary N) is 1. The number of benzene rings is 1. The van der Waals surface area contributed by atoms with Crippen molar-refractivity contribution in [2.24, 2.45) is 22.1 Å². The highest BCUT2D eigenvalue weighted by Crippen LogP contribution is 2.31. The van der Waals surface area contributed by atoms with Crippen molar-refractivity contribution >= 4 is 35.8 Å². The number of hydrogen-bond donors (Lipinski definition) is 2. The van der Waals surface area contributed by atoms with Gasteiger partial charge in [0.05, 0.1) is 12.0 Å². The van der Waals surface area contributed by atoms with Crippen molar-refractivity contribution in [2.75, 3.05) is 32.7 Å². The van der Waals surface area contributed by atoms with Crippen LogP contribution in [0.15, 0.2) is 35.3 Å². The van der Waals surface area contributed by atoms with Crippen molar-refractivity contribution in [2.45, 2.75) is 52.6 Å². The van der Waals surface area contributed by atoms with Crippen molar-refractivity contribution in [3.05, 3.63) is 35.9 Å². The maximum Gasteiger partial charge on any atom is 0.224 e. The Morgan fingerprint density at radius 1 is 1.23 bits per heavy atom. The molecule has 0 radical (unpaired) electrons. The molecule has 2 heterocycles. The van der Waals surface area contributed by atoms with Crippen LogP contribution >= 0.6 is 24.0 Å². The van der Waals surface area contributed by atoms with Crippen LogP contribution in [0.1, 0.15) is 45.6 Å². The summed E-state index contributed by atoms with van der Waals surface area (Å²) in [6.07, 6.45) is 3.68. The minimum atomic E-state index is -0.629. The number of halogens is 1. The molecule has 7 heteroatoms. The van der Waals surface area contributed by atoms with Gasteiger partial charge in [0.15, 0.2) is 5.96 Å². The first-order valence-electron chi connectivity index (χ1n) is 11.0. The number of rotatable bonds is 6. The summed E-state index contributed by atoms with van der Waals surface area (Å²) in [5, 5.41) is 3.42. The number of carbonyl (C=O) groups excluding carboxylic acids is 1. The quantitative estimate of drug-likeness (QED) is 0.339. The van der Waals surface area contributed by atoms with Crippen LogP contribution in [0.3, 0.4) is 0 Å². The zero-order chi connectivity index (χ0) is 20.9. The second kappa shape index (κ2) is 11.3. The van der Waals surface area contributed by atoms with Crippen LogP contribution in [0.5, 0.6) is 0 Å². The van der Waals surface area contributed by atoms with Gasteiger partial charge in [-0.15, -0.1) is 24.0 Å². The number of nitrogens with one attached hydrogen (secondary N) is 1. The number of piperidine rings is 2. The van der Waals surface area contributed by atoms with Gasteiger partial charge in [-0.2, -0.15) is 0 Å². The van der Waals surface area contributed by atoms with Gasteiger partial charge in [-0.1, -0.05) is 30.3 Å². The maximum atomic E-state index is 11.7.